The number of nitrogens with zero attached hydrogens (tertiary/aromatic N) is 4. The van der Waals surface area contributed by atoms with Crippen molar-refractivity contribution in [2.45, 2.75) is 0 Å². The van der Waals surface area contributed by atoms with Gasteiger partial charge in [0.1, 0.15) is 0 Å². The quantitative estimate of drug-likeness (QED) is 0.367. The third-order valence-electron chi connectivity index (χ3n) is 2.56. The summed E-state index contributed by atoms with van der Waals surface area (Å²) in [6.45, 7) is 0. The van der Waals surface area contributed by atoms with Crippen molar-refractivity contribution in [3.05, 3.63) is 48.2 Å². The summed E-state index contributed by atoms with van der Waals surface area (Å²) in [7, 11) is 1.89. The fourth-order valence-corrected chi connectivity index (χ4v) is 1.52. The van der Waals surface area contributed by atoms with Gasteiger partial charge in [-0.1, -0.05) is 5.16 Å². The highest BCUT2D eigenvalue weighted by atomic mass is 16.4. The molecule has 0 aliphatic heterocycles. The van der Waals surface area contributed by atoms with Crippen molar-refractivity contribution in [3.63, 3.8) is 0 Å². The predicted molar refractivity (Wildman–Crippen MR) is 69.0 cm³/mol. The van der Waals surface area contributed by atoms with E-state index in [-0.39, 0.29) is 5.84 Å². The van der Waals surface area contributed by atoms with Gasteiger partial charge in [-0.3, -0.25) is 0 Å². The Balaban J connectivity index is 2.25. The van der Waals surface area contributed by atoms with Crippen LogP contribution in [-0.2, 0) is 0 Å². The summed E-state index contributed by atoms with van der Waals surface area (Å²) < 4.78 is 0. The Hall–Kier alpha value is -2.63. The number of anilines is 2. The van der Waals surface area contributed by atoms with E-state index in [0.717, 1.165) is 11.5 Å². The topological polar surface area (TPSA) is 87.6 Å². The Labute approximate surface area is 104 Å². The van der Waals surface area contributed by atoms with Crippen molar-refractivity contribution >= 4 is 17.3 Å². The van der Waals surface area contributed by atoms with Crippen LogP contribution in [0.15, 0.2) is 47.8 Å². The van der Waals surface area contributed by atoms with Crippen molar-refractivity contribution in [3.8, 4) is 0 Å². The largest absolute Gasteiger partial charge is 0.409 e. The van der Waals surface area contributed by atoms with Crippen LogP contribution in [0.1, 0.15) is 5.56 Å². The van der Waals surface area contributed by atoms with E-state index in [4.69, 9.17) is 10.9 Å². The van der Waals surface area contributed by atoms with Crippen molar-refractivity contribution in [1.82, 2.24) is 10.2 Å². The summed E-state index contributed by atoms with van der Waals surface area (Å²) in [6, 6.07) is 11.0. The molecule has 0 unspecified atom stereocenters. The van der Waals surface area contributed by atoms with Gasteiger partial charge in [-0.2, -0.15) is 5.10 Å². The molecule has 2 rings (SSSR count). The first-order valence-corrected chi connectivity index (χ1v) is 5.32. The van der Waals surface area contributed by atoms with Gasteiger partial charge in [-0.05, 0) is 36.4 Å². The number of amidine groups is 1. The Kier molecular flexibility index (Phi) is 3.38. The lowest BCUT2D eigenvalue weighted by molar-refractivity contribution is 0.318. The van der Waals surface area contributed by atoms with Gasteiger partial charge in [-0.15, -0.1) is 5.10 Å². The molecule has 6 heteroatoms. The van der Waals surface area contributed by atoms with Gasteiger partial charge in [-0.25, -0.2) is 0 Å². The summed E-state index contributed by atoms with van der Waals surface area (Å²) in [5.41, 5.74) is 7.09. The molecule has 0 saturated heterocycles. The molecular weight excluding hydrogens is 230 g/mol. The fraction of sp³-hybridized carbons (Fsp3) is 0.0833. The molecule has 1 aromatic heterocycles. The smallest absolute Gasteiger partial charge is 0.170 e. The molecule has 0 aliphatic carbocycles. The van der Waals surface area contributed by atoms with E-state index in [1.54, 1.807) is 18.3 Å². The van der Waals surface area contributed by atoms with Crippen LogP contribution < -0.4 is 10.6 Å². The van der Waals surface area contributed by atoms with Crippen molar-refractivity contribution in [2.75, 3.05) is 11.9 Å². The normalized spacial score (nSPS) is 11.3. The molecule has 6 nitrogen and oxygen atoms in total. The minimum Gasteiger partial charge on any atom is -0.409 e. The van der Waals surface area contributed by atoms with Gasteiger partial charge in [0.2, 0.25) is 0 Å². The number of nitrogens with two attached hydrogens (primary N) is 1. The minimum absolute atomic E-state index is 0.0868. The van der Waals surface area contributed by atoms with Crippen LogP contribution in [0.4, 0.5) is 11.5 Å². The van der Waals surface area contributed by atoms with Crippen LogP contribution in [0.5, 0.6) is 0 Å². The third-order valence-corrected chi connectivity index (χ3v) is 2.56. The highest BCUT2D eigenvalue weighted by Crippen LogP contribution is 2.20. The molecule has 0 fully saturated rings. The molecule has 0 aliphatic rings. The number of hydrogen-bond donors (Lipinski definition) is 2. The van der Waals surface area contributed by atoms with Crippen molar-refractivity contribution in [1.29, 1.82) is 0 Å². The molecule has 0 atom stereocenters. The maximum absolute atomic E-state index is 8.58. The summed E-state index contributed by atoms with van der Waals surface area (Å²) in [5, 5.41) is 19.4. The Morgan fingerprint density at radius 2 is 2.00 bits per heavy atom. The lowest BCUT2D eigenvalue weighted by Crippen LogP contribution is -2.14. The molecule has 0 amide bonds. The number of benzene rings is 1. The highest BCUT2D eigenvalue weighted by Gasteiger charge is 2.06. The fourth-order valence-electron chi connectivity index (χ4n) is 1.52. The number of hydrogen-bond acceptors (Lipinski definition) is 5. The lowest BCUT2D eigenvalue weighted by atomic mass is 10.2. The summed E-state index contributed by atoms with van der Waals surface area (Å²) in [5.74, 6) is 0.831. The Bertz CT molecular complexity index is 538. The zero-order chi connectivity index (χ0) is 13.0. The average molecular weight is 243 g/mol. The maximum atomic E-state index is 8.58. The molecule has 2 aromatic rings. The first kappa shape index (κ1) is 11.8. The van der Waals surface area contributed by atoms with E-state index in [1.165, 1.54) is 0 Å². The zero-order valence-electron chi connectivity index (χ0n) is 9.85. The lowest BCUT2D eigenvalue weighted by Gasteiger charge is -2.17. The van der Waals surface area contributed by atoms with Crippen LogP contribution in [0.3, 0.4) is 0 Å². The highest BCUT2D eigenvalue weighted by molar-refractivity contribution is 5.97. The first-order chi connectivity index (χ1) is 8.72. The van der Waals surface area contributed by atoms with Gasteiger partial charge in [0, 0.05) is 24.5 Å². The van der Waals surface area contributed by atoms with Gasteiger partial charge < -0.3 is 15.8 Å². The molecule has 3 N–H and O–H groups in total. The number of aromatic nitrogens is 2. The zero-order valence-corrected chi connectivity index (χ0v) is 9.85. The average Bonchev–Trinajstić information content (AvgIpc) is 2.47. The first-order valence-electron chi connectivity index (χ1n) is 5.32. The maximum Gasteiger partial charge on any atom is 0.170 e. The van der Waals surface area contributed by atoms with E-state index in [0.29, 0.717) is 5.56 Å². The van der Waals surface area contributed by atoms with Gasteiger partial charge in [0.05, 0.1) is 0 Å². The van der Waals surface area contributed by atoms with Crippen LogP contribution in [-0.4, -0.2) is 28.3 Å². The number of oxime groups is 1. The molecule has 1 aromatic carbocycles. The second-order valence-corrected chi connectivity index (χ2v) is 3.67. The molecular formula is C12H13N5O. The van der Waals surface area contributed by atoms with Crippen molar-refractivity contribution < 1.29 is 5.21 Å². The van der Waals surface area contributed by atoms with Crippen molar-refractivity contribution in [2.24, 2.45) is 10.9 Å². The molecule has 0 radical (unpaired) electrons. The molecule has 18 heavy (non-hydrogen) atoms. The SMILES string of the molecule is CN(c1ccc(/C(N)=N/O)cc1)c1cccnn1. The molecule has 0 saturated carbocycles. The molecule has 0 spiro atoms. The molecule has 92 valence electrons. The van der Waals surface area contributed by atoms with E-state index in [2.05, 4.69) is 15.4 Å². The predicted octanol–water partition coefficient (Wildman–Crippen LogP) is 1.34. The number of rotatable bonds is 3. The van der Waals surface area contributed by atoms with Crippen LogP contribution >= 0.6 is 0 Å². The Morgan fingerprint density at radius 3 is 2.56 bits per heavy atom. The van der Waals surface area contributed by atoms with Gasteiger partial charge in [0.15, 0.2) is 11.7 Å². The van der Waals surface area contributed by atoms with E-state index >= 15 is 0 Å². The van der Waals surface area contributed by atoms with Gasteiger partial charge >= 0.3 is 0 Å². The van der Waals surface area contributed by atoms with Crippen LogP contribution in [0.25, 0.3) is 0 Å². The minimum atomic E-state index is 0.0868. The molecule has 0 bridgehead atoms. The van der Waals surface area contributed by atoms with Gasteiger partial charge in [0.25, 0.3) is 0 Å². The summed E-state index contributed by atoms with van der Waals surface area (Å²) in [4.78, 5) is 1.89. The monoisotopic (exact) mass is 243 g/mol. The summed E-state index contributed by atoms with van der Waals surface area (Å²) in [6.07, 6.45) is 1.62. The second kappa shape index (κ2) is 5.13. The standard InChI is InChI=1S/C12H13N5O/c1-17(11-3-2-8-14-15-11)10-6-4-9(5-7-10)12(13)16-18/h2-8,18H,1H3,(H2,13,16). The third kappa shape index (κ3) is 2.37. The Morgan fingerprint density at radius 1 is 1.28 bits per heavy atom. The molecule has 1 heterocycles. The second-order valence-electron chi connectivity index (χ2n) is 3.67. The van der Waals surface area contributed by atoms with E-state index < -0.39 is 0 Å². The van der Waals surface area contributed by atoms with E-state index in [9.17, 15) is 0 Å². The summed E-state index contributed by atoms with van der Waals surface area (Å²) >= 11 is 0. The van der Waals surface area contributed by atoms with E-state index in [1.807, 2.05) is 36.2 Å². The van der Waals surface area contributed by atoms with Crippen LogP contribution in [0.2, 0.25) is 0 Å². The van der Waals surface area contributed by atoms with Crippen LogP contribution in [0, 0.1) is 0 Å².